The van der Waals surface area contributed by atoms with Gasteiger partial charge in [-0.1, -0.05) is 49.7 Å². The highest BCUT2D eigenvalue weighted by molar-refractivity contribution is 6.31. The Balaban J connectivity index is 1.61. The lowest BCUT2D eigenvalue weighted by atomic mass is 10.2. The molecule has 5 nitrogen and oxygen atoms in total. The molecule has 3 aromatic rings. The van der Waals surface area contributed by atoms with Gasteiger partial charge >= 0.3 is 0 Å². The summed E-state index contributed by atoms with van der Waals surface area (Å²) >= 11 is 6.22. The molecule has 2 N–H and O–H groups in total. The monoisotopic (exact) mass is 452 g/mol. The fourth-order valence-corrected chi connectivity index (χ4v) is 3.17. The maximum atomic E-state index is 11.8. The zero-order valence-corrected chi connectivity index (χ0v) is 19.4. The molecule has 0 fully saturated rings. The predicted octanol–water partition coefficient (Wildman–Crippen LogP) is 6.52. The normalized spacial score (nSPS) is 10.7. The molecule has 0 aliphatic rings. The molecule has 6 heteroatoms. The van der Waals surface area contributed by atoms with E-state index in [2.05, 4.69) is 10.6 Å². The number of rotatable bonds is 10. The van der Waals surface area contributed by atoms with Crippen molar-refractivity contribution in [3.05, 3.63) is 82.9 Å². The molecule has 3 rings (SSSR count). The van der Waals surface area contributed by atoms with Crippen LogP contribution in [0.3, 0.4) is 0 Å². The Hall–Kier alpha value is -3.18. The molecule has 0 saturated carbocycles. The van der Waals surface area contributed by atoms with E-state index in [4.69, 9.17) is 21.1 Å². The molecule has 3 aromatic carbocycles. The first-order valence-electron chi connectivity index (χ1n) is 10.7. The van der Waals surface area contributed by atoms with E-state index in [1.54, 1.807) is 0 Å². The minimum absolute atomic E-state index is 0.00556. The van der Waals surface area contributed by atoms with Crippen LogP contribution in [0.15, 0.2) is 66.7 Å². The third kappa shape index (κ3) is 6.66. The number of carbonyl (C=O) groups is 1. The number of anilines is 2. The van der Waals surface area contributed by atoms with Crippen LogP contribution in [0.2, 0.25) is 5.02 Å². The molecule has 32 heavy (non-hydrogen) atoms. The third-order valence-electron chi connectivity index (χ3n) is 4.82. The molecule has 0 radical (unpaired) electrons. The van der Waals surface area contributed by atoms with Crippen molar-refractivity contribution in [3.8, 4) is 11.5 Å². The van der Waals surface area contributed by atoms with Crippen molar-refractivity contribution in [1.82, 2.24) is 0 Å². The quantitative estimate of drug-likeness (QED) is 0.367. The van der Waals surface area contributed by atoms with E-state index in [-0.39, 0.29) is 11.8 Å². The van der Waals surface area contributed by atoms with Crippen molar-refractivity contribution >= 4 is 28.9 Å². The number of ether oxygens (including phenoxy) is 2. The predicted molar refractivity (Wildman–Crippen MR) is 131 cm³/mol. The number of halogens is 1. The van der Waals surface area contributed by atoms with E-state index in [9.17, 15) is 4.79 Å². The van der Waals surface area contributed by atoms with Gasteiger partial charge in [0.15, 0.2) is 11.5 Å². The molecule has 0 saturated heterocycles. The average Bonchev–Trinajstić information content (AvgIpc) is 2.79. The maximum Gasteiger partial charge on any atom is 0.226 e. The van der Waals surface area contributed by atoms with Crippen LogP contribution in [0.4, 0.5) is 11.4 Å². The SMILES string of the molecule is CCOc1cc(CNc2ccc(NC(=O)C(C)C)cc2)ccc1OCc1ccccc1Cl. The van der Waals surface area contributed by atoms with Gasteiger partial charge in [-0.15, -0.1) is 0 Å². The van der Waals surface area contributed by atoms with Crippen LogP contribution in [0.1, 0.15) is 31.9 Å². The minimum atomic E-state index is -0.0519. The Kier molecular flexibility index (Phi) is 8.40. The lowest BCUT2D eigenvalue weighted by Gasteiger charge is -2.15. The number of benzene rings is 3. The fourth-order valence-electron chi connectivity index (χ4n) is 2.98. The van der Waals surface area contributed by atoms with Crippen molar-refractivity contribution in [2.24, 2.45) is 5.92 Å². The first kappa shape index (κ1) is 23.5. The lowest BCUT2D eigenvalue weighted by Crippen LogP contribution is -2.17. The van der Waals surface area contributed by atoms with Crippen molar-refractivity contribution in [2.45, 2.75) is 33.9 Å². The maximum absolute atomic E-state index is 11.8. The number of hydrogen-bond acceptors (Lipinski definition) is 4. The Morgan fingerprint density at radius 1 is 0.938 bits per heavy atom. The Morgan fingerprint density at radius 3 is 2.34 bits per heavy atom. The number of nitrogens with one attached hydrogen (secondary N) is 2. The van der Waals surface area contributed by atoms with Crippen molar-refractivity contribution in [2.75, 3.05) is 17.2 Å². The topological polar surface area (TPSA) is 59.6 Å². The van der Waals surface area contributed by atoms with Crippen molar-refractivity contribution in [1.29, 1.82) is 0 Å². The summed E-state index contributed by atoms with van der Waals surface area (Å²) in [5.74, 6) is 1.33. The zero-order chi connectivity index (χ0) is 22.9. The molecule has 0 aliphatic carbocycles. The average molecular weight is 453 g/mol. The Bertz CT molecular complexity index is 1040. The summed E-state index contributed by atoms with van der Waals surface area (Å²) in [4.78, 5) is 11.8. The first-order chi connectivity index (χ1) is 15.5. The van der Waals surface area contributed by atoms with Gasteiger partial charge in [0.2, 0.25) is 5.91 Å². The second-order valence-corrected chi connectivity index (χ2v) is 8.08. The smallest absolute Gasteiger partial charge is 0.226 e. The van der Waals surface area contributed by atoms with Gasteiger partial charge in [-0.05, 0) is 55.0 Å². The molecular weight excluding hydrogens is 424 g/mol. The Labute approximate surface area is 194 Å². The van der Waals surface area contributed by atoms with Crippen LogP contribution < -0.4 is 20.1 Å². The summed E-state index contributed by atoms with van der Waals surface area (Å²) in [7, 11) is 0. The van der Waals surface area contributed by atoms with Gasteiger partial charge in [0.1, 0.15) is 6.61 Å². The first-order valence-corrected chi connectivity index (χ1v) is 11.1. The van der Waals surface area contributed by atoms with E-state index >= 15 is 0 Å². The van der Waals surface area contributed by atoms with E-state index in [1.165, 1.54) is 0 Å². The summed E-state index contributed by atoms with van der Waals surface area (Å²) in [5.41, 5.74) is 3.74. The zero-order valence-electron chi connectivity index (χ0n) is 18.7. The van der Waals surface area contributed by atoms with Crippen LogP contribution in [0.25, 0.3) is 0 Å². The molecule has 1 amide bonds. The minimum Gasteiger partial charge on any atom is -0.490 e. The van der Waals surface area contributed by atoms with Gasteiger partial charge < -0.3 is 20.1 Å². The van der Waals surface area contributed by atoms with Gasteiger partial charge in [0, 0.05) is 34.4 Å². The van der Waals surface area contributed by atoms with Gasteiger partial charge in [-0.3, -0.25) is 4.79 Å². The second-order valence-electron chi connectivity index (χ2n) is 7.67. The molecular formula is C26H29ClN2O3. The molecule has 0 unspecified atom stereocenters. The van der Waals surface area contributed by atoms with Crippen LogP contribution in [0, 0.1) is 5.92 Å². The van der Waals surface area contributed by atoms with Crippen molar-refractivity contribution < 1.29 is 14.3 Å². The molecule has 0 aromatic heterocycles. The highest BCUT2D eigenvalue weighted by atomic mass is 35.5. The van der Waals surface area contributed by atoms with Crippen LogP contribution in [-0.4, -0.2) is 12.5 Å². The molecule has 0 atom stereocenters. The van der Waals surface area contributed by atoms with Gasteiger partial charge in [0.05, 0.1) is 6.61 Å². The largest absolute Gasteiger partial charge is 0.490 e. The van der Waals surface area contributed by atoms with E-state index < -0.39 is 0 Å². The second kappa shape index (κ2) is 11.4. The van der Waals surface area contributed by atoms with E-state index in [0.717, 1.165) is 22.5 Å². The molecule has 0 bridgehead atoms. The molecule has 0 aliphatic heterocycles. The van der Waals surface area contributed by atoms with Crippen LogP contribution in [0.5, 0.6) is 11.5 Å². The summed E-state index contributed by atoms with van der Waals surface area (Å²) < 4.78 is 11.8. The lowest BCUT2D eigenvalue weighted by molar-refractivity contribution is -0.118. The number of carbonyl (C=O) groups excluding carboxylic acids is 1. The van der Waals surface area contributed by atoms with Gasteiger partial charge in [0.25, 0.3) is 0 Å². The summed E-state index contributed by atoms with van der Waals surface area (Å²) in [6.45, 7) is 7.23. The highest BCUT2D eigenvalue weighted by Crippen LogP contribution is 2.30. The van der Waals surface area contributed by atoms with Crippen LogP contribution in [-0.2, 0) is 17.9 Å². The fraction of sp³-hybridized carbons (Fsp3) is 0.269. The summed E-state index contributed by atoms with van der Waals surface area (Å²) in [6.07, 6.45) is 0. The molecule has 0 heterocycles. The van der Waals surface area contributed by atoms with Gasteiger partial charge in [-0.25, -0.2) is 0 Å². The summed E-state index contributed by atoms with van der Waals surface area (Å²) in [6, 6.07) is 21.2. The van der Waals surface area contributed by atoms with Crippen molar-refractivity contribution in [3.63, 3.8) is 0 Å². The highest BCUT2D eigenvalue weighted by Gasteiger charge is 2.09. The Morgan fingerprint density at radius 2 is 1.66 bits per heavy atom. The number of hydrogen-bond donors (Lipinski definition) is 2. The summed E-state index contributed by atoms with van der Waals surface area (Å²) in [5, 5.41) is 6.97. The standard InChI is InChI=1S/C26H29ClN2O3/c1-4-31-25-15-19(9-14-24(25)32-17-20-7-5-6-8-23(20)27)16-28-21-10-12-22(13-11-21)29-26(30)18(2)3/h5-15,18,28H,4,16-17H2,1-3H3,(H,29,30). The van der Waals surface area contributed by atoms with E-state index in [1.807, 2.05) is 87.5 Å². The molecule has 0 spiro atoms. The van der Waals surface area contributed by atoms with Crippen LogP contribution >= 0.6 is 11.6 Å². The van der Waals surface area contributed by atoms with E-state index in [0.29, 0.717) is 36.3 Å². The van der Waals surface area contributed by atoms with Gasteiger partial charge in [-0.2, -0.15) is 0 Å². The third-order valence-corrected chi connectivity index (χ3v) is 5.19. The number of amides is 1. The molecule has 168 valence electrons.